The Morgan fingerprint density at radius 1 is 1.33 bits per heavy atom. The standard InChI is InChI=1S/C12H15N3O2S/c13-9-4-5-10-7-14-12(15(10)8-9)11-3-1-2-6-18(11,16)17/h4-5,7-8,11H,1-3,6,13H2. The van der Waals surface area contributed by atoms with Crippen molar-refractivity contribution in [1.82, 2.24) is 9.38 Å². The summed E-state index contributed by atoms with van der Waals surface area (Å²) < 4.78 is 26.0. The number of nitrogen functional groups attached to an aromatic ring is 1. The monoisotopic (exact) mass is 265 g/mol. The maximum Gasteiger partial charge on any atom is 0.160 e. The average molecular weight is 265 g/mol. The molecule has 1 fully saturated rings. The highest BCUT2D eigenvalue weighted by Crippen LogP contribution is 2.33. The van der Waals surface area contributed by atoms with E-state index >= 15 is 0 Å². The molecule has 1 aliphatic heterocycles. The van der Waals surface area contributed by atoms with Gasteiger partial charge in [-0.25, -0.2) is 13.4 Å². The summed E-state index contributed by atoms with van der Waals surface area (Å²) in [5.41, 5.74) is 7.23. The zero-order valence-electron chi connectivity index (χ0n) is 9.91. The first kappa shape index (κ1) is 11.5. The zero-order valence-corrected chi connectivity index (χ0v) is 10.7. The third-order valence-corrected chi connectivity index (χ3v) is 5.62. The Kier molecular flexibility index (Phi) is 2.55. The van der Waals surface area contributed by atoms with Gasteiger partial charge >= 0.3 is 0 Å². The first-order valence-electron chi connectivity index (χ1n) is 6.02. The fourth-order valence-corrected chi connectivity index (χ4v) is 4.42. The highest BCUT2D eigenvalue weighted by atomic mass is 32.2. The summed E-state index contributed by atoms with van der Waals surface area (Å²) in [5, 5.41) is -0.490. The van der Waals surface area contributed by atoms with Gasteiger partial charge in [-0.05, 0) is 25.0 Å². The Morgan fingerprint density at radius 2 is 2.17 bits per heavy atom. The van der Waals surface area contributed by atoms with Crippen molar-refractivity contribution in [3.63, 3.8) is 0 Å². The van der Waals surface area contributed by atoms with Crippen molar-refractivity contribution < 1.29 is 8.42 Å². The van der Waals surface area contributed by atoms with Crippen molar-refractivity contribution in [2.45, 2.75) is 24.5 Å². The predicted molar refractivity (Wildman–Crippen MR) is 70.0 cm³/mol. The summed E-state index contributed by atoms with van der Waals surface area (Å²) in [6, 6.07) is 3.64. The topological polar surface area (TPSA) is 77.5 Å². The lowest BCUT2D eigenvalue weighted by atomic mass is 10.2. The zero-order chi connectivity index (χ0) is 12.8. The second-order valence-corrected chi connectivity index (χ2v) is 7.03. The number of hydrogen-bond acceptors (Lipinski definition) is 4. The van der Waals surface area contributed by atoms with E-state index in [-0.39, 0.29) is 5.75 Å². The maximum absolute atomic E-state index is 12.1. The van der Waals surface area contributed by atoms with Crippen molar-refractivity contribution in [2.24, 2.45) is 0 Å². The van der Waals surface area contributed by atoms with E-state index in [4.69, 9.17) is 5.73 Å². The number of nitrogens with two attached hydrogens (primary N) is 1. The molecule has 96 valence electrons. The van der Waals surface area contributed by atoms with E-state index in [9.17, 15) is 8.42 Å². The lowest BCUT2D eigenvalue weighted by Gasteiger charge is -2.21. The minimum Gasteiger partial charge on any atom is -0.398 e. The second kappa shape index (κ2) is 3.98. The quantitative estimate of drug-likeness (QED) is 0.848. The minimum absolute atomic E-state index is 0.259. The van der Waals surface area contributed by atoms with Crippen LogP contribution in [0.5, 0.6) is 0 Å². The molecule has 2 aromatic heterocycles. The van der Waals surface area contributed by atoms with Gasteiger partial charge in [0, 0.05) is 11.9 Å². The average Bonchev–Trinajstić information content (AvgIpc) is 2.71. The summed E-state index contributed by atoms with van der Waals surface area (Å²) in [7, 11) is -3.07. The number of anilines is 1. The number of fused-ring (bicyclic) bond motifs is 1. The molecule has 0 bridgehead atoms. The highest BCUT2D eigenvalue weighted by molar-refractivity contribution is 7.91. The van der Waals surface area contributed by atoms with Gasteiger partial charge in [0.2, 0.25) is 0 Å². The van der Waals surface area contributed by atoms with Crippen LogP contribution in [0.3, 0.4) is 0 Å². The number of imidazole rings is 1. The molecule has 1 atom stereocenters. The third kappa shape index (κ3) is 1.77. The molecular weight excluding hydrogens is 250 g/mol. The summed E-state index contributed by atoms with van der Waals surface area (Å²) in [6.45, 7) is 0. The molecule has 0 radical (unpaired) electrons. The highest BCUT2D eigenvalue weighted by Gasteiger charge is 2.33. The van der Waals surface area contributed by atoms with Crippen LogP contribution in [0.4, 0.5) is 5.69 Å². The minimum atomic E-state index is -3.07. The van der Waals surface area contributed by atoms with Gasteiger partial charge in [-0.1, -0.05) is 6.42 Å². The molecule has 5 nitrogen and oxygen atoms in total. The number of rotatable bonds is 1. The van der Waals surface area contributed by atoms with Crippen LogP contribution in [-0.2, 0) is 9.84 Å². The number of pyridine rings is 1. The van der Waals surface area contributed by atoms with E-state index in [0.29, 0.717) is 17.9 Å². The number of aromatic nitrogens is 2. The molecule has 6 heteroatoms. The van der Waals surface area contributed by atoms with E-state index in [2.05, 4.69) is 4.98 Å². The van der Waals surface area contributed by atoms with Gasteiger partial charge < -0.3 is 10.1 Å². The third-order valence-electron chi connectivity index (χ3n) is 3.45. The van der Waals surface area contributed by atoms with Crippen LogP contribution in [0.1, 0.15) is 30.3 Å². The van der Waals surface area contributed by atoms with Gasteiger partial charge in [-0.2, -0.15) is 0 Å². The Morgan fingerprint density at radius 3 is 2.94 bits per heavy atom. The molecular formula is C12H15N3O2S. The molecule has 1 aliphatic rings. The molecule has 2 aromatic rings. The molecule has 1 saturated heterocycles. The summed E-state index contributed by atoms with van der Waals surface area (Å²) in [6.07, 6.45) is 5.77. The molecule has 0 saturated carbocycles. The van der Waals surface area contributed by atoms with Crippen LogP contribution in [-0.4, -0.2) is 23.6 Å². The van der Waals surface area contributed by atoms with E-state index < -0.39 is 15.1 Å². The Hall–Kier alpha value is -1.56. The van der Waals surface area contributed by atoms with Gasteiger partial charge in [-0.15, -0.1) is 0 Å². The predicted octanol–water partition coefficient (Wildman–Crippen LogP) is 1.56. The molecule has 1 unspecified atom stereocenters. The Balaban J connectivity index is 2.16. The fraction of sp³-hybridized carbons (Fsp3) is 0.417. The Labute approximate surface area is 106 Å². The van der Waals surface area contributed by atoms with Gasteiger partial charge in [0.15, 0.2) is 9.84 Å². The largest absolute Gasteiger partial charge is 0.398 e. The van der Waals surface area contributed by atoms with Crippen molar-refractivity contribution in [2.75, 3.05) is 11.5 Å². The van der Waals surface area contributed by atoms with Gasteiger partial charge in [0.1, 0.15) is 11.1 Å². The van der Waals surface area contributed by atoms with Crippen LogP contribution >= 0.6 is 0 Å². The Bertz CT molecular complexity index is 690. The van der Waals surface area contributed by atoms with Crippen LogP contribution in [0, 0.1) is 0 Å². The lowest BCUT2D eigenvalue weighted by molar-refractivity contribution is 0.538. The number of nitrogens with zero attached hydrogens (tertiary/aromatic N) is 2. The summed E-state index contributed by atoms with van der Waals surface area (Å²) >= 11 is 0. The molecule has 0 aromatic carbocycles. The van der Waals surface area contributed by atoms with E-state index in [1.165, 1.54) is 0 Å². The molecule has 3 heterocycles. The van der Waals surface area contributed by atoms with Gasteiger partial charge in [0.25, 0.3) is 0 Å². The normalized spacial score (nSPS) is 23.2. The summed E-state index contributed by atoms with van der Waals surface area (Å²) in [4.78, 5) is 4.28. The van der Waals surface area contributed by atoms with Crippen LogP contribution in [0.15, 0.2) is 24.5 Å². The molecule has 0 aliphatic carbocycles. The van der Waals surface area contributed by atoms with Crippen molar-refractivity contribution in [3.8, 4) is 0 Å². The molecule has 0 amide bonds. The van der Waals surface area contributed by atoms with Crippen LogP contribution < -0.4 is 5.73 Å². The fourth-order valence-electron chi connectivity index (χ4n) is 2.51. The molecule has 3 rings (SSSR count). The number of hydrogen-bond donors (Lipinski definition) is 1. The van der Waals surface area contributed by atoms with Crippen molar-refractivity contribution in [1.29, 1.82) is 0 Å². The molecule has 18 heavy (non-hydrogen) atoms. The SMILES string of the molecule is Nc1ccc2cnc(C3CCCCS3(=O)=O)n2c1. The van der Waals surface area contributed by atoms with Crippen LogP contribution in [0.2, 0.25) is 0 Å². The number of sulfone groups is 1. The van der Waals surface area contributed by atoms with Crippen molar-refractivity contribution >= 4 is 21.0 Å². The van der Waals surface area contributed by atoms with E-state index in [0.717, 1.165) is 18.4 Å². The summed E-state index contributed by atoms with van der Waals surface area (Å²) in [5.74, 6) is 0.853. The first-order valence-corrected chi connectivity index (χ1v) is 7.73. The lowest BCUT2D eigenvalue weighted by Crippen LogP contribution is -2.23. The van der Waals surface area contributed by atoms with Crippen molar-refractivity contribution in [3.05, 3.63) is 30.4 Å². The maximum atomic E-state index is 12.1. The second-order valence-electron chi connectivity index (χ2n) is 4.73. The van der Waals surface area contributed by atoms with Crippen LogP contribution in [0.25, 0.3) is 5.52 Å². The molecule has 2 N–H and O–H groups in total. The van der Waals surface area contributed by atoms with Gasteiger partial charge in [0.05, 0.1) is 17.5 Å². The van der Waals surface area contributed by atoms with Gasteiger partial charge in [-0.3, -0.25) is 0 Å². The smallest absolute Gasteiger partial charge is 0.160 e. The molecule has 0 spiro atoms. The van der Waals surface area contributed by atoms with E-state index in [1.807, 2.05) is 6.07 Å². The first-order chi connectivity index (χ1) is 8.58. The van der Waals surface area contributed by atoms with E-state index in [1.54, 1.807) is 22.9 Å².